The van der Waals surface area contributed by atoms with E-state index in [9.17, 15) is 13.2 Å². The van der Waals surface area contributed by atoms with Gasteiger partial charge < -0.3 is 10.4 Å². The third-order valence-corrected chi connectivity index (χ3v) is 4.30. The van der Waals surface area contributed by atoms with Gasteiger partial charge in [0, 0.05) is 6.04 Å². The van der Waals surface area contributed by atoms with Gasteiger partial charge in [0.2, 0.25) is 10.0 Å². The van der Waals surface area contributed by atoms with Crippen LogP contribution in [0.1, 0.15) is 19.3 Å². The highest BCUT2D eigenvalue weighted by molar-refractivity contribution is 7.89. The fourth-order valence-corrected chi connectivity index (χ4v) is 3.09. The number of hydrogen-bond donors (Lipinski definition) is 3. The molecule has 0 amide bonds. The molecule has 0 bridgehead atoms. The molecule has 7 heteroatoms. The van der Waals surface area contributed by atoms with Crippen LogP contribution in [0.4, 0.5) is 5.69 Å². The van der Waals surface area contributed by atoms with Gasteiger partial charge in [0.25, 0.3) is 0 Å². The quantitative estimate of drug-likeness (QED) is 0.764. The molecule has 0 unspecified atom stereocenters. The molecule has 19 heavy (non-hydrogen) atoms. The van der Waals surface area contributed by atoms with Crippen LogP contribution in [-0.4, -0.2) is 25.5 Å². The van der Waals surface area contributed by atoms with Gasteiger partial charge >= 0.3 is 5.97 Å². The first-order valence-corrected chi connectivity index (χ1v) is 7.53. The van der Waals surface area contributed by atoms with Crippen molar-refractivity contribution in [2.75, 3.05) is 5.32 Å². The summed E-state index contributed by atoms with van der Waals surface area (Å²) in [4.78, 5) is 10.9. The Labute approximate surface area is 111 Å². The summed E-state index contributed by atoms with van der Waals surface area (Å²) >= 11 is 0. The number of rotatable bonds is 4. The van der Waals surface area contributed by atoms with Crippen LogP contribution in [0.15, 0.2) is 29.2 Å². The van der Waals surface area contributed by atoms with Crippen molar-refractivity contribution in [3.8, 4) is 0 Å². The third kappa shape index (κ3) is 3.24. The van der Waals surface area contributed by atoms with Crippen molar-refractivity contribution in [3.63, 3.8) is 0 Å². The molecule has 1 fully saturated rings. The van der Waals surface area contributed by atoms with Crippen LogP contribution in [0.2, 0.25) is 0 Å². The number of carbonyl (C=O) groups is 1. The van der Waals surface area contributed by atoms with E-state index in [2.05, 4.69) is 5.32 Å². The summed E-state index contributed by atoms with van der Waals surface area (Å²) in [6, 6.07) is 6.33. The summed E-state index contributed by atoms with van der Waals surface area (Å²) in [5, 5.41) is 17.2. The molecule has 0 radical (unpaired) electrons. The van der Waals surface area contributed by atoms with Gasteiger partial charge in [-0.15, -0.1) is 0 Å². The van der Waals surface area contributed by atoms with E-state index in [0.29, 0.717) is 24.9 Å². The van der Waals surface area contributed by atoms with E-state index in [1.165, 1.54) is 6.07 Å². The molecule has 104 valence electrons. The van der Waals surface area contributed by atoms with Gasteiger partial charge in [-0.1, -0.05) is 12.1 Å². The molecule has 0 heterocycles. The van der Waals surface area contributed by atoms with Crippen LogP contribution in [0.5, 0.6) is 0 Å². The SMILES string of the molecule is NS(=O)(=O)c1ccccc1N[C@H]1CC[C@@H](C(=O)O)C1. The number of primary sulfonamides is 1. The normalized spacial score (nSPS) is 23.2. The lowest BCUT2D eigenvalue weighted by Gasteiger charge is -2.16. The molecule has 4 N–H and O–H groups in total. The minimum Gasteiger partial charge on any atom is -0.481 e. The highest BCUT2D eigenvalue weighted by atomic mass is 32.2. The van der Waals surface area contributed by atoms with Crippen LogP contribution in [0.25, 0.3) is 0 Å². The first-order valence-electron chi connectivity index (χ1n) is 5.99. The molecule has 0 aliphatic heterocycles. The minimum atomic E-state index is -3.78. The van der Waals surface area contributed by atoms with E-state index in [-0.39, 0.29) is 16.9 Å². The number of hydrogen-bond acceptors (Lipinski definition) is 4. The van der Waals surface area contributed by atoms with Crippen molar-refractivity contribution in [1.29, 1.82) is 0 Å². The first kappa shape index (κ1) is 13.8. The predicted molar refractivity (Wildman–Crippen MR) is 70.2 cm³/mol. The van der Waals surface area contributed by atoms with Crippen molar-refractivity contribution in [2.24, 2.45) is 11.1 Å². The lowest BCUT2D eigenvalue weighted by atomic mass is 10.1. The van der Waals surface area contributed by atoms with E-state index in [1.807, 2.05) is 0 Å². The zero-order chi connectivity index (χ0) is 14.0. The largest absolute Gasteiger partial charge is 0.481 e. The second-order valence-electron chi connectivity index (χ2n) is 4.73. The molecular formula is C12H16N2O4S. The maximum atomic E-state index is 11.4. The van der Waals surface area contributed by atoms with Gasteiger partial charge in [0.15, 0.2) is 0 Å². The summed E-state index contributed by atoms with van der Waals surface area (Å²) in [5.74, 6) is -1.16. The summed E-state index contributed by atoms with van der Waals surface area (Å²) in [6.07, 6.45) is 1.80. The molecule has 0 spiro atoms. The number of para-hydroxylation sites is 1. The Morgan fingerprint density at radius 2 is 2.00 bits per heavy atom. The average molecular weight is 284 g/mol. The third-order valence-electron chi connectivity index (χ3n) is 3.34. The van der Waals surface area contributed by atoms with Crippen molar-refractivity contribution in [3.05, 3.63) is 24.3 Å². The molecule has 2 atom stereocenters. The van der Waals surface area contributed by atoms with E-state index in [4.69, 9.17) is 10.2 Å². The smallest absolute Gasteiger partial charge is 0.306 e. The van der Waals surface area contributed by atoms with Crippen LogP contribution in [-0.2, 0) is 14.8 Å². The fourth-order valence-electron chi connectivity index (χ4n) is 2.39. The number of carboxylic acids is 1. The molecule has 0 aromatic heterocycles. The maximum Gasteiger partial charge on any atom is 0.306 e. The Hall–Kier alpha value is -1.60. The van der Waals surface area contributed by atoms with Crippen LogP contribution in [0.3, 0.4) is 0 Å². The van der Waals surface area contributed by atoms with Gasteiger partial charge in [0.05, 0.1) is 11.6 Å². The fraction of sp³-hybridized carbons (Fsp3) is 0.417. The number of aliphatic carboxylic acids is 1. The van der Waals surface area contributed by atoms with Crippen molar-refractivity contribution < 1.29 is 18.3 Å². The van der Waals surface area contributed by atoms with Crippen LogP contribution < -0.4 is 10.5 Å². The van der Waals surface area contributed by atoms with Gasteiger partial charge in [-0.2, -0.15) is 0 Å². The zero-order valence-corrected chi connectivity index (χ0v) is 11.1. The Bertz CT molecular complexity index is 585. The Morgan fingerprint density at radius 3 is 2.58 bits per heavy atom. The van der Waals surface area contributed by atoms with Crippen molar-refractivity contribution in [1.82, 2.24) is 0 Å². The lowest BCUT2D eigenvalue weighted by molar-refractivity contribution is -0.141. The Balaban J connectivity index is 2.15. The number of nitrogens with two attached hydrogens (primary N) is 1. The summed E-state index contributed by atoms with van der Waals surface area (Å²) < 4.78 is 22.9. The lowest BCUT2D eigenvalue weighted by Crippen LogP contribution is -2.21. The zero-order valence-electron chi connectivity index (χ0n) is 10.2. The monoisotopic (exact) mass is 284 g/mol. The number of benzene rings is 1. The van der Waals surface area contributed by atoms with Gasteiger partial charge in [-0.3, -0.25) is 4.79 Å². The molecule has 1 aliphatic carbocycles. The highest BCUT2D eigenvalue weighted by Gasteiger charge is 2.30. The molecule has 1 saturated carbocycles. The molecular weight excluding hydrogens is 268 g/mol. The maximum absolute atomic E-state index is 11.4. The van der Waals surface area contributed by atoms with Crippen molar-refractivity contribution in [2.45, 2.75) is 30.2 Å². The van der Waals surface area contributed by atoms with E-state index >= 15 is 0 Å². The molecule has 1 aromatic carbocycles. The summed E-state index contributed by atoms with van der Waals surface area (Å²) in [6.45, 7) is 0. The molecule has 6 nitrogen and oxygen atoms in total. The standard InChI is InChI=1S/C12H16N2O4S/c13-19(17,18)11-4-2-1-3-10(11)14-9-6-5-8(7-9)12(15)16/h1-4,8-9,14H,5-7H2,(H,15,16)(H2,13,17,18)/t8-,9+/m1/s1. The summed E-state index contributed by atoms with van der Waals surface area (Å²) in [7, 11) is -3.78. The van der Waals surface area contributed by atoms with Gasteiger partial charge in [-0.25, -0.2) is 13.6 Å². The van der Waals surface area contributed by atoms with Crippen LogP contribution >= 0.6 is 0 Å². The summed E-state index contributed by atoms with van der Waals surface area (Å²) in [5.41, 5.74) is 0.432. The molecule has 2 rings (SSSR count). The first-order chi connectivity index (χ1) is 8.88. The number of sulfonamides is 1. The number of carboxylic acid groups (broad SMARTS) is 1. The average Bonchev–Trinajstić information content (AvgIpc) is 2.77. The minimum absolute atomic E-state index is 0.0359. The Kier molecular flexibility index (Phi) is 3.77. The topological polar surface area (TPSA) is 109 Å². The van der Waals surface area contributed by atoms with Crippen molar-refractivity contribution >= 4 is 21.7 Å². The van der Waals surface area contributed by atoms with E-state index in [1.54, 1.807) is 18.2 Å². The van der Waals surface area contributed by atoms with Gasteiger partial charge in [0.1, 0.15) is 4.90 Å². The second-order valence-corrected chi connectivity index (χ2v) is 6.26. The van der Waals surface area contributed by atoms with Crippen LogP contribution in [0, 0.1) is 5.92 Å². The van der Waals surface area contributed by atoms with Gasteiger partial charge in [-0.05, 0) is 31.4 Å². The number of nitrogens with one attached hydrogen (secondary N) is 1. The molecule has 1 aliphatic rings. The molecule has 1 aromatic rings. The second kappa shape index (κ2) is 5.18. The Morgan fingerprint density at radius 1 is 1.32 bits per heavy atom. The predicted octanol–water partition coefficient (Wildman–Crippen LogP) is 0.999. The highest BCUT2D eigenvalue weighted by Crippen LogP contribution is 2.30. The van der Waals surface area contributed by atoms with E-state index in [0.717, 1.165) is 0 Å². The molecule has 0 saturated heterocycles. The number of anilines is 1. The van der Waals surface area contributed by atoms with E-state index < -0.39 is 16.0 Å².